The van der Waals surface area contributed by atoms with Gasteiger partial charge in [0.25, 0.3) is 0 Å². The molecule has 3 N–H and O–H groups in total. The molecule has 3 unspecified atom stereocenters. The van der Waals surface area contributed by atoms with Gasteiger partial charge in [-0.05, 0) is 44.0 Å². The van der Waals surface area contributed by atoms with E-state index in [1.54, 1.807) is 19.4 Å². The number of amides is 1. The number of nitrogens with two attached hydrogens (primary N) is 1. The topological polar surface area (TPSA) is 71.2 Å². The lowest BCUT2D eigenvalue weighted by Crippen LogP contribution is -2.47. The second-order valence-corrected chi connectivity index (χ2v) is 5.53. The van der Waals surface area contributed by atoms with Crippen LogP contribution in [0.2, 0.25) is 0 Å². The smallest absolute Gasteiger partial charge is 0.224 e. The number of nitrogens with one attached hydrogen (secondary N) is 1. The molecule has 2 heterocycles. The number of likely N-dealkylation sites (tertiary alicyclic amines) is 1. The Balaban J connectivity index is 2.16. The van der Waals surface area contributed by atoms with E-state index in [1.807, 2.05) is 19.1 Å². The van der Waals surface area contributed by atoms with Crippen LogP contribution in [-0.2, 0) is 4.79 Å². The zero-order chi connectivity index (χ0) is 14.5. The summed E-state index contributed by atoms with van der Waals surface area (Å²) in [5, 5.41) is 2.76. The van der Waals surface area contributed by atoms with E-state index in [2.05, 4.69) is 15.2 Å². The highest BCUT2D eigenvalue weighted by atomic mass is 16.1. The summed E-state index contributed by atoms with van der Waals surface area (Å²) in [6.45, 7) is 3.78. The Morgan fingerprint density at radius 1 is 1.50 bits per heavy atom. The average molecular weight is 276 g/mol. The second-order valence-electron chi connectivity index (χ2n) is 5.53. The zero-order valence-electron chi connectivity index (χ0n) is 12.2. The van der Waals surface area contributed by atoms with E-state index in [1.165, 1.54) is 5.56 Å². The van der Waals surface area contributed by atoms with E-state index in [9.17, 15) is 4.79 Å². The normalized spacial score (nSPS) is 23.1. The van der Waals surface area contributed by atoms with Crippen molar-refractivity contribution in [2.24, 2.45) is 11.7 Å². The summed E-state index contributed by atoms with van der Waals surface area (Å²) in [6, 6.07) is 4.18. The van der Waals surface area contributed by atoms with Crippen molar-refractivity contribution in [1.29, 1.82) is 0 Å². The van der Waals surface area contributed by atoms with E-state index in [0.29, 0.717) is 0 Å². The molecular weight excluding hydrogens is 252 g/mol. The first-order valence-corrected chi connectivity index (χ1v) is 7.24. The Morgan fingerprint density at radius 3 is 2.80 bits per heavy atom. The van der Waals surface area contributed by atoms with Crippen LogP contribution in [0.3, 0.4) is 0 Å². The third-order valence-electron chi connectivity index (χ3n) is 4.01. The number of nitrogens with zero attached hydrogens (tertiary/aromatic N) is 2. The number of aromatic nitrogens is 1. The molecule has 2 rings (SSSR count). The average Bonchev–Trinajstić information content (AvgIpc) is 2.47. The number of pyridine rings is 1. The second kappa shape index (κ2) is 6.81. The molecule has 5 heteroatoms. The van der Waals surface area contributed by atoms with Gasteiger partial charge in [-0.25, -0.2) is 0 Å². The van der Waals surface area contributed by atoms with Gasteiger partial charge in [-0.3, -0.25) is 14.7 Å². The zero-order valence-corrected chi connectivity index (χ0v) is 12.2. The highest BCUT2D eigenvalue weighted by Gasteiger charge is 2.31. The molecule has 1 aliphatic heterocycles. The van der Waals surface area contributed by atoms with Gasteiger partial charge in [-0.1, -0.05) is 0 Å². The quantitative estimate of drug-likeness (QED) is 0.858. The van der Waals surface area contributed by atoms with Crippen LogP contribution in [0, 0.1) is 5.92 Å². The lowest BCUT2D eigenvalue weighted by Gasteiger charge is -2.39. The summed E-state index contributed by atoms with van der Waals surface area (Å²) >= 11 is 0. The van der Waals surface area contributed by atoms with Crippen LogP contribution in [-0.4, -0.2) is 42.0 Å². The molecule has 110 valence electrons. The maximum Gasteiger partial charge on any atom is 0.224 e. The highest BCUT2D eigenvalue weighted by Crippen LogP contribution is 2.28. The largest absolute Gasteiger partial charge is 0.359 e. The van der Waals surface area contributed by atoms with Gasteiger partial charge in [-0.2, -0.15) is 0 Å². The van der Waals surface area contributed by atoms with E-state index in [4.69, 9.17) is 5.73 Å². The minimum absolute atomic E-state index is 0.0147. The van der Waals surface area contributed by atoms with Crippen LogP contribution in [0.1, 0.15) is 31.4 Å². The van der Waals surface area contributed by atoms with Crippen molar-refractivity contribution in [2.75, 3.05) is 20.1 Å². The number of piperidine rings is 1. The Morgan fingerprint density at radius 2 is 2.20 bits per heavy atom. The van der Waals surface area contributed by atoms with Gasteiger partial charge in [0, 0.05) is 38.1 Å². The summed E-state index contributed by atoms with van der Waals surface area (Å²) < 4.78 is 0. The van der Waals surface area contributed by atoms with Gasteiger partial charge in [-0.15, -0.1) is 0 Å². The molecule has 1 aliphatic rings. The Hall–Kier alpha value is -1.46. The first kappa shape index (κ1) is 14.9. The fourth-order valence-electron chi connectivity index (χ4n) is 3.08. The highest BCUT2D eigenvalue weighted by molar-refractivity contribution is 5.78. The molecule has 0 radical (unpaired) electrons. The maximum absolute atomic E-state index is 11.9. The molecule has 0 aliphatic carbocycles. The lowest BCUT2D eigenvalue weighted by molar-refractivity contribution is -0.126. The first-order chi connectivity index (χ1) is 9.63. The molecule has 1 saturated heterocycles. The Bertz CT molecular complexity index is 435. The minimum atomic E-state index is 0.0147. The van der Waals surface area contributed by atoms with Crippen LogP contribution in [0.5, 0.6) is 0 Å². The van der Waals surface area contributed by atoms with Gasteiger partial charge in [0.05, 0.1) is 5.92 Å². The van der Waals surface area contributed by atoms with Crippen molar-refractivity contribution in [2.45, 2.75) is 31.8 Å². The monoisotopic (exact) mass is 276 g/mol. The van der Waals surface area contributed by atoms with Crippen LogP contribution in [0.15, 0.2) is 24.5 Å². The number of rotatable bonds is 4. The van der Waals surface area contributed by atoms with E-state index >= 15 is 0 Å². The van der Waals surface area contributed by atoms with Crippen molar-refractivity contribution < 1.29 is 4.79 Å². The molecule has 5 nitrogen and oxygen atoms in total. The molecule has 1 aromatic heterocycles. The van der Waals surface area contributed by atoms with E-state index in [-0.39, 0.29) is 23.9 Å². The molecule has 3 atom stereocenters. The van der Waals surface area contributed by atoms with Crippen LogP contribution in [0.4, 0.5) is 0 Å². The minimum Gasteiger partial charge on any atom is -0.359 e. The lowest BCUT2D eigenvalue weighted by atomic mass is 9.92. The van der Waals surface area contributed by atoms with E-state index in [0.717, 1.165) is 25.9 Å². The standard InChI is InChI=1S/C15H24N4O/c1-11(16)14(12-5-7-18-8-6-12)19-9-3-4-13(10-19)15(20)17-2/h5-8,11,13-14H,3-4,9-10,16H2,1-2H3,(H,17,20). The van der Waals surface area contributed by atoms with Crippen LogP contribution >= 0.6 is 0 Å². The van der Waals surface area contributed by atoms with Gasteiger partial charge < -0.3 is 11.1 Å². The summed E-state index contributed by atoms with van der Waals surface area (Å²) in [5.74, 6) is 0.199. The molecule has 20 heavy (non-hydrogen) atoms. The van der Waals surface area contributed by atoms with Gasteiger partial charge in [0.2, 0.25) is 5.91 Å². The fraction of sp³-hybridized carbons (Fsp3) is 0.600. The Labute approximate surface area is 120 Å². The summed E-state index contributed by atoms with van der Waals surface area (Å²) in [6.07, 6.45) is 5.58. The molecule has 1 amide bonds. The van der Waals surface area contributed by atoms with Crippen molar-refractivity contribution in [1.82, 2.24) is 15.2 Å². The summed E-state index contributed by atoms with van der Waals surface area (Å²) in [7, 11) is 1.70. The molecule has 0 spiro atoms. The molecule has 0 saturated carbocycles. The van der Waals surface area contributed by atoms with Crippen LogP contribution in [0.25, 0.3) is 0 Å². The van der Waals surface area contributed by atoms with E-state index < -0.39 is 0 Å². The maximum atomic E-state index is 11.9. The SMILES string of the molecule is CNC(=O)C1CCCN(C(c2ccncc2)C(C)N)C1. The number of carbonyl (C=O) groups is 1. The molecule has 0 bridgehead atoms. The van der Waals surface area contributed by atoms with Crippen molar-refractivity contribution >= 4 is 5.91 Å². The first-order valence-electron chi connectivity index (χ1n) is 7.24. The summed E-state index contributed by atoms with van der Waals surface area (Å²) in [4.78, 5) is 18.3. The third kappa shape index (κ3) is 3.35. The molecule has 1 fully saturated rings. The van der Waals surface area contributed by atoms with Crippen molar-refractivity contribution in [3.63, 3.8) is 0 Å². The molecular formula is C15H24N4O. The predicted molar refractivity (Wildman–Crippen MR) is 79.0 cm³/mol. The van der Waals surface area contributed by atoms with Gasteiger partial charge >= 0.3 is 0 Å². The van der Waals surface area contributed by atoms with Crippen LogP contribution < -0.4 is 11.1 Å². The van der Waals surface area contributed by atoms with Gasteiger partial charge in [0.15, 0.2) is 0 Å². The fourth-order valence-corrected chi connectivity index (χ4v) is 3.08. The Kier molecular flexibility index (Phi) is 5.09. The van der Waals surface area contributed by atoms with Gasteiger partial charge in [0.1, 0.15) is 0 Å². The third-order valence-corrected chi connectivity index (χ3v) is 4.01. The number of hydrogen-bond donors (Lipinski definition) is 2. The summed E-state index contributed by atoms with van der Waals surface area (Å²) in [5.41, 5.74) is 7.36. The molecule has 0 aromatic carbocycles. The number of hydrogen-bond acceptors (Lipinski definition) is 4. The van der Waals surface area contributed by atoms with Crippen molar-refractivity contribution in [3.8, 4) is 0 Å². The van der Waals surface area contributed by atoms with Crippen molar-refractivity contribution in [3.05, 3.63) is 30.1 Å². The molecule has 1 aromatic rings. The predicted octanol–water partition coefficient (Wildman–Crippen LogP) is 0.928. The number of carbonyl (C=O) groups excluding carboxylic acids is 1.